The Kier molecular flexibility index (Phi) is 4.86. The fourth-order valence-corrected chi connectivity index (χ4v) is 5.16. The molecule has 1 aromatic heterocycles. The number of hydrogen-bond donors (Lipinski definition) is 1. The number of amides is 1. The lowest BCUT2D eigenvalue weighted by Gasteiger charge is -2.28. The quantitative estimate of drug-likeness (QED) is 0.419. The van der Waals surface area contributed by atoms with Gasteiger partial charge in [-0.1, -0.05) is 29.8 Å². The molecule has 7 heteroatoms. The van der Waals surface area contributed by atoms with Gasteiger partial charge in [0.05, 0.1) is 6.04 Å². The number of aromatic nitrogens is 1. The van der Waals surface area contributed by atoms with Gasteiger partial charge in [-0.15, -0.1) is 0 Å². The highest BCUT2D eigenvalue weighted by atomic mass is 19.1. The summed E-state index contributed by atoms with van der Waals surface area (Å²) in [4.78, 5) is 20.1. The summed E-state index contributed by atoms with van der Waals surface area (Å²) < 4.78 is 33.6. The van der Waals surface area contributed by atoms with Crippen molar-refractivity contribution in [3.05, 3.63) is 83.4 Å². The predicted octanol–water partition coefficient (Wildman–Crippen LogP) is 5.65. The Morgan fingerprint density at radius 3 is 2.71 bits per heavy atom. The molecule has 2 aliphatic rings. The number of fused-ring (bicyclic) bond motifs is 2. The van der Waals surface area contributed by atoms with Crippen LogP contribution in [0, 0.1) is 30.4 Å². The first-order chi connectivity index (χ1) is 16.5. The standard InChI is InChI=1S/C27H23F2N3O2/c1-15-6-7-20(16-9-18(28)12-19(29)10-16)22(8-15)26(33)32-14-17-11-21(17)24(32)13-30-27-31-23-4-2-3-5-25(23)34-27/h2-10,12,17,21,24H,11,13-14H2,1H3,(H,30,31). The molecule has 1 N–H and O–H groups in total. The third kappa shape index (κ3) is 3.71. The van der Waals surface area contributed by atoms with E-state index in [4.69, 9.17) is 4.42 Å². The summed E-state index contributed by atoms with van der Waals surface area (Å²) in [5.41, 5.74) is 3.74. The normalized spacial score (nSPS) is 21.0. The van der Waals surface area contributed by atoms with Gasteiger partial charge in [-0.05, 0) is 66.6 Å². The molecule has 3 aromatic carbocycles. The van der Waals surface area contributed by atoms with Crippen molar-refractivity contribution >= 4 is 23.0 Å². The largest absolute Gasteiger partial charge is 0.424 e. The number of nitrogens with zero attached hydrogens (tertiary/aromatic N) is 2. The van der Waals surface area contributed by atoms with Crippen LogP contribution in [-0.4, -0.2) is 34.9 Å². The number of para-hydroxylation sites is 2. The maximum absolute atomic E-state index is 13.9. The molecule has 0 spiro atoms. The van der Waals surface area contributed by atoms with Gasteiger partial charge in [0.15, 0.2) is 5.58 Å². The van der Waals surface area contributed by atoms with Crippen LogP contribution >= 0.6 is 0 Å². The third-order valence-corrected chi connectivity index (χ3v) is 6.90. The van der Waals surface area contributed by atoms with E-state index in [1.54, 1.807) is 12.1 Å². The SMILES string of the molecule is Cc1ccc(-c2cc(F)cc(F)c2)c(C(=O)N2CC3CC3C2CNc2nc3ccccc3o2)c1. The zero-order valence-corrected chi connectivity index (χ0v) is 18.6. The lowest BCUT2D eigenvalue weighted by Crippen LogP contribution is -2.42. The molecule has 1 saturated carbocycles. The van der Waals surface area contributed by atoms with Gasteiger partial charge in [-0.3, -0.25) is 4.79 Å². The zero-order valence-electron chi connectivity index (χ0n) is 18.6. The molecule has 1 amide bonds. The summed E-state index contributed by atoms with van der Waals surface area (Å²) in [5, 5.41) is 3.27. The molecule has 2 fully saturated rings. The molecular formula is C27H23F2N3O2. The molecule has 0 bridgehead atoms. The van der Waals surface area contributed by atoms with Gasteiger partial charge in [0.2, 0.25) is 0 Å². The molecule has 172 valence electrons. The second-order valence-corrected chi connectivity index (χ2v) is 9.26. The molecule has 3 unspecified atom stereocenters. The van der Waals surface area contributed by atoms with Crippen LogP contribution in [0.5, 0.6) is 0 Å². The number of hydrogen-bond acceptors (Lipinski definition) is 4. The van der Waals surface area contributed by atoms with E-state index in [-0.39, 0.29) is 11.9 Å². The van der Waals surface area contributed by atoms with E-state index in [9.17, 15) is 13.6 Å². The van der Waals surface area contributed by atoms with Crippen molar-refractivity contribution in [2.75, 3.05) is 18.4 Å². The third-order valence-electron chi connectivity index (χ3n) is 6.90. The first-order valence-electron chi connectivity index (χ1n) is 11.4. The first kappa shape index (κ1) is 20.8. The van der Waals surface area contributed by atoms with E-state index >= 15 is 0 Å². The number of carbonyl (C=O) groups excluding carboxylic acids is 1. The van der Waals surface area contributed by atoms with Gasteiger partial charge in [0.25, 0.3) is 11.9 Å². The summed E-state index contributed by atoms with van der Waals surface area (Å²) in [6, 6.07) is 16.8. The molecule has 1 aliphatic heterocycles. The van der Waals surface area contributed by atoms with Gasteiger partial charge in [0, 0.05) is 24.7 Å². The summed E-state index contributed by atoms with van der Waals surface area (Å²) >= 11 is 0. The van der Waals surface area contributed by atoms with Gasteiger partial charge >= 0.3 is 0 Å². The van der Waals surface area contributed by atoms with E-state index in [1.807, 2.05) is 42.2 Å². The number of piperidine rings is 1. The Morgan fingerprint density at radius 1 is 1.12 bits per heavy atom. The predicted molar refractivity (Wildman–Crippen MR) is 125 cm³/mol. The molecule has 3 atom stereocenters. The Hall–Kier alpha value is -3.74. The molecule has 1 saturated heterocycles. The van der Waals surface area contributed by atoms with Gasteiger partial charge in [0.1, 0.15) is 17.2 Å². The van der Waals surface area contributed by atoms with Crippen LogP contribution in [0.1, 0.15) is 22.3 Å². The van der Waals surface area contributed by atoms with Crippen molar-refractivity contribution in [2.24, 2.45) is 11.8 Å². The van der Waals surface area contributed by atoms with Gasteiger partial charge < -0.3 is 14.6 Å². The van der Waals surface area contributed by atoms with E-state index in [0.717, 1.165) is 23.6 Å². The van der Waals surface area contributed by atoms with E-state index in [1.165, 1.54) is 12.1 Å². The summed E-state index contributed by atoms with van der Waals surface area (Å²) in [7, 11) is 0. The average Bonchev–Trinajstić information content (AvgIpc) is 3.30. The summed E-state index contributed by atoms with van der Waals surface area (Å²) in [6.07, 6.45) is 1.10. The number of rotatable bonds is 5. The minimum absolute atomic E-state index is 0.00915. The second-order valence-electron chi connectivity index (χ2n) is 9.26. The lowest BCUT2D eigenvalue weighted by molar-refractivity contribution is 0.0715. The number of halogens is 2. The number of aryl methyl sites for hydroxylation is 1. The van der Waals surface area contributed by atoms with Gasteiger partial charge in [-0.25, -0.2) is 8.78 Å². The molecular weight excluding hydrogens is 436 g/mol. The smallest absolute Gasteiger partial charge is 0.295 e. The summed E-state index contributed by atoms with van der Waals surface area (Å²) in [6.45, 7) is 3.10. The molecule has 0 radical (unpaired) electrons. The molecule has 4 aromatic rings. The Labute approximate surface area is 195 Å². The summed E-state index contributed by atoms with van der Waals surface area (Å²) in [5.74, 6) is -0.548. The molecule has 5 nitrogen and oxygen atoms in total. The molecule has 2 heterocycles. The molecule has 6 rings (SSSR count). The van der Waals surface area contributed by atoms with E-state index < -0.39 is 11.6 Å². The van der Waals surface area contributed by atoms with Gasteiger partial charge in [-0.2, -0.15) is 4.98 Å². The van der Waals surface area contributed by atoms with Crippen molar-refractivity contribution in [1.29, 1.82) is 0 Å². The van der Waals surface area contributed by atoms with Crippen LogP contribution < -0.4 is 5.32 Å². The van der Waals surface area contributed by atoms with Crippen molar-refractivity contribution < 1.29 is 18.0 Å². The number of oxazole rings is 1. The number of likely N-dealkylation sites (tertiary alicyclic amines) is 1. The minimum atomic E-state index is -0.670. The highest BCUT2D eigenvalue weighted by Gasteiger charge is 2.54. The number of carbonyl (C=O) groups is 1. The Balaban J connectivity index is 1.28. The van der Waals surface area contributed by atoms with E-state index in [0.29, 0.717) is 53.2 Å². The minimum Gasteiger partial charge on any atom is -0.424 e. The Morgan fingerprint density at radius 2 is 1.91 bits per heavy atom. The fourth-order valence-electron chi connectivity index (χ4n) is 5.16. The molecule has 1 aliphatic carbocycles. The van der Waals surface area contributed by atoms with E-state index in [2.05, 4.69) is 10.3 Å². The van der Waals surface area contributed by atoms with Crippen molar-refractivity contribution in [1.82, 2.24) is 9.88 Å². The monoisotopic (exact) mass is 459 g/mol. The highest BCUT2D eigenvalue weighted by Crippen LogP contribution is 2.50. The van der Waals surface area contributed by atoms with Crippen LogP contribution in [0.4, 0.5) is 14.8 Å². The highest BCUT2D eigenvalue weighted by molar-refractivity contribution is 6.01. The fraction of sp³-hybridized carbons (Fsp3) is 0.259. The van der Waals surface area contributed by atoms with Crippen LogP contribution in [0.3, 0.4) is 0 Å². The van der Waals surface area contributed by atoms with Crippen molar-refractivity contribution in [3.63, 3.8) is 0 Å². The Bertz CT molecular complexity index is 1360. The van der Waals surface area contributed by atoms with Crippen LogP contribution in [0.15, 0.2) is 65.1 Å². The topological polar surface area (TPSA) is 58.4 Å². The molecule has 34 heavy (non-hydrogen) atoms. The maximum atomic E-state index is 13.9. The van der Waals surface area contributed by atoms with Crippen LogP contribution in [0.25, 0.3) is 22.2 Å². The average molecular weight is 459 g/mol. The van der Waals surface area contributed by atoms with Crippen molar-refractivity contribution in [2.45, 2.75) is 19.4 Å². The second kappa shape index (κ2) is 7.94. The van der Waals surface area contributed by atoms with Crippen LogP contribution in [-0.2, 0) is 0 Å². The number of nitrogens with one attached hydrogen (secondary N) is 1. The van der Waals surface area contributed by atoms with Crippen molar-refractivity contribution in [3.8, 4) is 11.1 Å². The first-order valence-corrected chi connectivity index (χ1v) is 11.4. The lowest BCUT2D eigenvalue weighted by atomic mass is 9.96. The number of benzene rings is 3. The van der Waals surface area contributed by atoms with Crippen LogP contribution in [0.2, 0.25) is 0 Å². The maximum Gasteiger partial charge on any atom is 0.295 e. The zero-order chi connectivity index (χ0) is 23.4. The number of anilines is 1.